The smallest absolute Gasteiger partial charge is 0.338 e. The van der Waals surface area contributed by atoms with Crippen molar-refractivity contribution in [2.24, 2.45) is 11.8 Å². The maximum atomic E-state index is 14.0. The van der Waals surface area contributed by atoms with Crippen LogP contribution in [-0.2, 0) is 19.1 Å². The number of para-hydroxylation sites is 1. The van der Waals surface area contributed by atoms with Gasteiger partial charge >= 0.3 is 5.97 Å². The first-order chi connectivity index (χ1) is 19.9. The molecule has 0 saturated carbocycles. The predicted octanol–water partition coefficient (Wildman–Crippen LogP) is 5.53. The van der Waals surface area contributed by atoms with Gasteiger partial charge in [-0.2, -0.15) is 0 Å². The number of halogens is 1. The number of benzene rings is 4. The van der Waals surface area contributed by atoms with E-state index in [1.54, 1.807) is 36.4 Å². The summed E-state index contributed by atoms with van der Waals surface area (Å²) in [5.74, 6) is -3.34. The number of anilines is 2. The highest BCUT2D eigenvalue weighted by Crippen LogP contribution is 2.61. The largest absolute Gasteiger partial charge is 0.452 e. The first kappa shape index (κ1) is 25.2. The lowest BCUT2D eigenvalue weighted by Gasteiger charge is -2.45. The number of hydrogen-bond acceptors (Lipinski definition) is 5. The molecule has 202 valence electrons. The van der Waals surface area contributed by atoms with Gasteiger partial charge in [-0.1, -0.05) is 78.3 Å². The molecular formula is C33H23ClN2O5. The van der Waals surface area contributed by atoms with E-state index in [-0.39, 0.29) is 29.2 Å². The van der Waals surface area contributed by atoms with Crippen LogP contribution in [0.15, 0.2) is 97.1 Å². The van der Waals surface area contributed by atoms with Crippen LogP contribution in [0.25, 0.3) is 0 Å². The number of ether oxygens (including phenoxy) is 1. The Balaban J connectivity index is 1.14. The summed E-state index contributed by atoms with van der Waals surface area (Å²) in [7, 11) is 0. The minimum Gasteiger partial charge on any atom is -0.452 e. The second kappa shape index (κ2) is 9.71. The quantitative estimate of drug-likeness (QED) is 0.255. The molecule has 1 N–H and O–H groups in total. The van der Waals surface area contributed by atoms with Crippen LogP contribution in [0.5, 0.6) is 0 Å². The monoisotopic (exact) mass is 562 g/mol. The van der Waals surface area contributed by atoms with Crippen LogP contribution in [0.3, 0.4) is 0 Å². The molecule has 4 aromatic carbocycles. The molecule has 0 unspecified atom stereocenters. The molecule has 4 aliphatic rings. The maximum Gasteiger partial charge on any atom is 0.338 e. The van der Waals surface area contributed by atoms with Gasteiger partial charge in [0.1, 0.15) is 0 Å². The van der Waals surface area contributed by atoms with Crippen molar-refractivity contribution in [1.29, 1.82) is 0 Å². The molecular weight excluding hydrogens is 540 g/mol. The second-order valence-electron chi connectivity index (χ2n) is 10.4. The number of amides is 3. The molecule has 8 rings (SSSR count). The van der Waals surface area contributed by atoms with E-state index in [0.717, 1.165) is 22.3 Å². The maximum absolute atomic E-state index is 14.0. The fraction of sp³-hybridized carbons (Fsp3) is 0.152. The zero-order chi connectivity index (χ0) is 28.2. The van der Waals surface area contributed by atoms with Gasteiger partial charge in [0.05, 0.1) is 33.8 Å². The minimum atomic E-state index is -0.752. The second-order valence-corrected chi connectivity index (χ2v) is 10.8. The lowest BCUT2D eigenvalue weighted by atomic mass is 9.55. The number of carbonyl (C=O) groups is 4. The Labute approximate surface area is 240 Å². The molecule has 3 amide bonds. The molecule has 4 aromatic rings. The Morgan fingerprint density at radius 2 is 1.27 bits per heavy atom. The van der Waals surface area contributed by atoms with Gasteiger partial charge in [-0.25, -0.2) is 9.69 Å². The van der Waals surface area contributed by atoms with Crippen LogP contribution in [-0.4, -0.2) is 30.3 Å². The van der Waals surface area contributed by atoms with E-state index in [2.05, 4.69) is 29.6 Å². The van der Waals surface area contributed by atoms with Crippen molar-refractivity contribution >= 4 is 46.7 Å². The lowest BCUT2D eigenvalue weighted by Crippen LogP contribution is -2.41. The van der Waals surface area contributed by atoms with Gasteiger partial charge in [-0.15, -0.1) is 0 Å². The first-order valence-electron chi connectivity index (χ1n) is 13.3. The highest BCUT2D eigenvalue weighted by molar-refractivity contribution is 6.33. The summed E-state index contributed by atoms with van der Waals surface area (Å²) in [6, 6.07) is 29.0. The Morgan fingerprint density at radius 3 is 1.83 bits per heavy atom. The molecule has 2 bridgehead atoms. The molecule has 1 saturated heterocycles. The third kappa shape index (κ3) is 3.96. The van der Waals surface area contributed by atoms with Crippen molar-refractivity contribution in [3.8, 4) is 0 Å². The van der Waals surface area contributed by atoms with E-state index < -0.39 is 30.3 Å². The van der Waals surface area contributed by atoms with E-state index in [4.69, 9.17) is 16.3 Å². The Hall–Kier alpha value is -4.75. The van der Waals surface area contributed by atoms with Crippen LogP contribution in [0.4, 0.5) is 11.4 Å². The van der Waals surface area contributed by atoms with Crippen molar-refractivity contribution in [2.75, 3.05) is 16.8 Å². The fourth-order valence-corrected chi connectivity index (χ4v) is 6.85. The first-order valence-corrected chi connectivity index (χ1v) is 13.7. The zero-order valence-corrected chi connectivity index (χ0v) is 22.4. The fourth-order valence-electron chi connectivity index (χ4n) is 6.67. The minimum absolute atomic E-state index is 0.123. The van der Waals surface area contributed by atoms with Gasteiger partial charge in [0.25, 0.3) is 5.91 Å². The summed E-state index contributed by atoms with van der Waals surface area (Å²) >= 11 is 6.07. The van der Waals surface area contributed by atoms with Crippen LogP contribution >= 0.6 is 11.6 Å². The van der Waals surface area contributed by atoms with Crippen molar-refractivity contribution in [3.05, 3.63) is 130 Å². The summed E-state index contributed by atoms with van der Waals surface area (Å²) in [4.78, 5) is 54.3. The summed E-state index contributed by atoms with van der Waals surface area (Å²) < 4.78 is 5.21. The summed E-state index contributed by atoms with van der Waals surface area (Å²) in [5, 5.41) is 2.96. The Kier molecular flexibility index (Phi) is 5.98. The number of nitrogens with one attached hydrogen (secondary N) is 1. The van der Waals surface area contributed by atoms with Crippen molar-refractivity contribution in [2.45, 2.75) is 11.8 Å². The third-order valence-corrected chi connectivity index (χ3v) is 8.60. The number of nitrogens with zero attached hydrogens (tertiary/aromatic N) is 1. The van der Waals surface area contributed by atoms with Gasteiger partial charge < -0.3 is 10.1 Å². The van der Waals surface area contributed by atoms with Crippen LogP contribution in [0.1, 0.15) is 44.4 Å². The van der Waals surface area contributed by atoms with Gasteiger partial charge in [0.2, 0.25) is 11.8 Å². The molecule has 7 nitrogen and oxygen atoms in total. The summed E-state index contributed by atoms with van der Waals surface area (Å²) in [6.45, 7) is -0.528. The average Bonchev–Trinajstić information content (AvgIpc) is 3.27. The topological polar surface area (TPSA) is 92.8 Å². The van der Waals surface area contributed by atoms with Crippen LogP contribution in [0.2, 0.25) is 5.02 Å². The summed E-state index contributed by atoms with van der Waals surface area (Å²) in [5.41, 5.74) is 5.19. The number of esters is 1. The van der Waals surface area contributed by atoms with Crippen LogP contribution < -0.4 is 10.2 Å². The van der Waals surface area contributed by atoms with Gasteiger partial charge in [0.15, 0.2) is 6.61 Å². The Bertz CT molecular complexity index is 1650. The SMILES string of the molecule is O=C(COC(=O)c1cccc(N2C(=O)[C@@H]3C4c5ccccc5C(c5ccccc54)[C@@H]3C2=O)c1)Nc1ccccc1Cl. The molecule has 2 atom stereocenters. The van der Waals surface area contributed by atoms with Gasteiger partial charge in [-0.3, -0.25) is 14.4 Å². The van der Waals surface area contributed by atoms with E-state index in [1.807, 2.05) is 24.3 Å². The summed E-state index contributed by atoms with van der Waals surface area (Å²) in [6.07, 6.45) is 0. The van der Waals surface area contributed by atoms with E-state index in [1.165, 1.54) is 17.0 Å². The van der Waals surface area contributed by atoms with Crippen molar-refractivity contribution in [3.63, 3.8) is 0 Å². The molecule has 0 radical (unpaired) electrons. The number of carbonyl (C=O) groups excluding carboxylic acids is 4. The predicted molar refractivity (Wildman–Crippen MR) is 153 cm³/mol. The third-order valence-electron chi connectivity index (χ3n) is 8.27. The lowest BCUT2D eigenvalue weighted by molar-refractivity contribution is -0.122. The highest BCUT2D eigenvalue weighted by atomic mass is 35.5. The molecule has 8 heteroatoms. The highest BCUT2D eigenvalue weighted by Gasteiger charge is 2.61. The van der Waals surface area contributed by atoms with Crippen molar-refractivity contribution < 1.29 is 23.9 Å². The number of hydrogen-bond donors (Lipinski definition) is 1. The molecule has 1 fully saturated rings. The van der Waals surface area contributed by atoms with Crippen molar-refractivity contribution in [1.82, 2.24) is 0 Å². The zero-order valence-electron chi connectivity index (χ0n) is 21.6. The molecule has 1 heterocycles. The van der Waals surface area contributed by atoms with E-state index in [9.17, 15) is 19.2 Å². The van der Waals surface area contributed by atoms with Gasteiger partial charge in [-0.05, 0) is 52.6 Å². The van der Waals surface area contributed by atoms with Crippen LogP contribution in [0, 0.1) is 11.8 Å². The molecule has 41 heavy (non-hydrogen) atoms. The van der Waals surface area contributed by atoms with E-state index in [0.29, 0.717) is 16.4 Å². The number of rotatable bonds is 5. The molecule has 0 aromatic heterocycles. The molecule has 3 aliphatic carbocycles. The number of imide groups is 1. The molecule has 0 spiro atoms. The standard InChI is InChI=1S/C33H23ClN2O5/c34-24-14-5-6-15-25(24)35-26(37)17-41-33(40)18-8-7-9-19(16-18)36-31(38)29-27-20-10-1-2-11-21(20)28(30(29)32(36)39)23-13-4-3-12-22(23)27/h1-16,27-30H,17H2,(H,35,37)/t27?,28?,29-,30+. The Morgan fingerprint density at radius 1 is 0.732 bits per heavy atom. The average molecular weight is 563 g/mol. The normalized spacial score (nSPS) is 21.6. The van der Waals surface area contributed by atoms with Gasteiger partial charge in [0, 0.05) is 11.8 Å². The van der Waals surface area contributed by atoms with E-state index >= 15 is 0 Å². The molecule has 1 aliphatic heterocycles.